The molecule has 1 heterocycles. The zero-order valence-electron chi connectivity index (χ0n) is 29.8. The summed E-state index contributed by atoms with van der Waals surface area (Å²) in [5, 5.41) is 2.69. The van der Waals surface area contributed by atoms with Crippen molar-refractivity contribution < 1.29 is 0 Å². The van der Waals surface area contributed by atoms with Crippen LogP contribution in [0, 0.1) is 0 Å². The largest absolute Gasteiger partial charge is 0.310 e. The number of benzene rings is 8. The van der Waals surface area contributed by atoms with E-state index in [1.54, 1.807) is 0 Å². The van der Waals surface area contributed by atoms with Crippen molar-refractivity contribution in [2.24, 2.45) is 0 Å². The van der Waals surface area contributed by atoms with Crippen LogP contribution in [0.15, 0.2) is 188 Å². The Morgan fingerprint density at radius 1 is 0.396 bits per heavy atom. The maximum atomic E-state index is 2.44. The van der Waals surface area contributed by atoms with Crippen LogP contribution in [-0.4, -0.2) is 0 Å². The van der Waals surface area contributed by atoms with Gasteiger partial charge in [0.15, 0.2) is 0 Å². The standard InChI is InChI=1S/C51H37NS/c1-51(2)46-30-28-42(33-45(46)49-47(51)31-29-44-43-18-9-10-19-48(43)53-50(44)49)52(40-24-20-36(21-25-40)34-12-5-3-6-13-34)41-26-22-37(23-27-41)39-17-11-16-38(32-39)35-14-7-4-8-15-35/h3-33H,1-2H3. The number of hydrogen-bond donors (Lipinski definition) is 0. The van der Waals surface area contributed by atoms with Crippen LogP contribution in [0.25, 0.3) is 64.7 Å². The molecular formula is C51H37NS. The second kappa shape index (κ2) is 12.5. The van der Waals surface area contributed by atoms with E-state index >= 15 is 0 Å². The van der Waals surface area contributed by atoms with Gasteiger partial charge in [-0.15, -0.1) is 11.3 Å². The molecule has 252 valence electrons. The van der Waals surface area contributed by atoms with Crippen LogP contribution < -0.4 is 4.90 Å². The van der Waals surface area contributed by atoms with Crippen LogP contribution in [-0.2, 0) is 5.41 Å². The Labute approximate surface area is 315 Å². The van der Waals surface area contributed by atoms with Gasteiger partial charge in [0.25, 0.3) is 0 Å². The van der Waals surface area contributed by atoms with Gasteiger partial charge >= 0.3 is 0 Å². The maximum Gasteiger partial charge on any atom is 0.0468 e. The molecule has 1 aliphatic carbocycles. The Morgan fingerprint density at radius 2 is 0.906 bits per heavy atom. The highest BCUT2D eigenvalue weighted by Crippen LogP contribution is 2.55. The molecule has 0 saturated carbocycles. The fourth-order valence-corrected chi connectivity index (χ4v) is 9.60. The molecular weight excluding hydrogens is 659 g/mol. The maximum absolute atomic E-state index is 2.44. The molecule has 8 aromatic carbocycles. The molecule has 0 saturated heterocycles. The van der Waals surface area contributed by atoms with Gasteiger partial charge < -0.3 is 4.90 Å². The summed E-state index contributed by atoms with van der Waals surface area (Å²) in [6.07, 6.45) is 0. The highest BCUT2D eigenvalue weighted by atomic mass is 32.1. The van der Waals surface area contributed by atoms with E-state index in [1.807, 2.05) is 11.3 Å². The zero-order valence-corrected chi connectivity index (χ0v) is 30.6. The average Bonchev–Trinajstić information content (AvgIpc) is 3.71. The van der Waals surface area contributed by atoms with Crippen molar-refractivity contribution in [2.75, 3.05) is 4.90 Å². The summed E-state index contributed by atoms with van der Waals surface area (Å²) in [4.78, 5) is 2.41. The Hall–Kier alpha value is -6.22. The summed E-state index contributed by atoms with van der Waals surface area (Å²) in [5.41, 5.74) is 16.1. The minimum absolute atomic E-state index is 0.0916. The summed E-state index contributed by atoms with van der Waals surface area (Å²) in [6.45, 7) is 4.75. The van der Waals surface area contributed by atoms with Gasteiger partial charge in [0.2, 0.25) is 0 Å². The van der Waals surface area contributed by atoms with Gasteiger partial charge in [-0.25, -0.2) is 0 Å². The minimum atomic E-state index is -0.0916. The Morgan fingerprint density at radius 3 is 1.57 bits per heavy atom. The van der Waals surface area contributed by atoms with Crippen molar-refractivity contribution in [2.45, 2.75) is 19.3 Å². The molecule has 0 amide bonds. The fourth-order valence-electron chi connectivity index (χ4n) is 8.34. The first-order valence-corrected chi connectivity index (χ1v) is 19.2. The quantitative estimate of drug-likeness (QED) is 0.167. The van der Waals surface area contributed by atoms with E-state index in [2.05, 4.69) is 207 Å². The van der Waals surface area contributed by atoms with Crippen molar-refractivity contribution in [3.63, 3.8) is 0 Å². The van der Waals surface area contributed by atoms with Gasteiger partial charge in [-0.3, -0.25) is 0 Å². The lowest BCUT2D eigenvalue weighted by molar-refractivity contribution is 0.661. The molecule has 1 aliphatic rings. The average molecular weight is 696 g/mol. The van der Waals surface area contributed by atoms with E-state index in [4.69, 9.17) is 0 Å². The van der Waals surface area contributed by atoms with Crippen molar-refractivity contribution in [3.8, 4) is 44.5 Å². The SMILES string of the molecule is CC1(C)c2ccc(N(c3ccc(-c4ccccc4)cc3)c3ccc(-c4cccc(-c5ccccc5)c4)cc3)cc2-c2c1ccc1c2sc2ccccc21. The van der Waals surface area contributed by atoms with Crippen LogP contribution in [0.2, 0.25) is 0 Å². The van der Waals surface area contributed by atoms with Gasteiger partial charge in [0.1, 0.15) is 0 Å². The zero-order chi connectivity index (χ0) is 35.5. The van der Waals surface area contributed by atoms with Crippen molar-refractivity contribution in [3.05, 3.63) is 199 Å². The van der Waals surface area contributed by atoms with Gasteiger partial charge in [-0.1, -0.05) is 153 Å². The summed E-state index contributed by atoms with van der Waals surface area (Å²) >= 11 is 1.92. The molecule has 0 N–H and O–H groups in total. The van der Waals surface area contributed by atoms with E-state index in [-0.39, 0.29) is 5.41 Å². The van der Waals surface area contributed by atoms with Crippen molar-refractivity contribution >= 4 is 48.6 Å². The van der Waals surface area contributed by atoms with Gasteiger partial charge in [0.05, 0.1) is 0 Å². The van der Waals surface area contributed by atoms with E-state index < -0.39 is 0 Å². The minimum Gasteiger partial charge on any atom is -0.310 e. The van der Waals surface area contributed by atoms with E-state index in [0.29, 0.717) is 0 Å². The first-order chi connectivity index (χ1) is 26.0. The van der Waals surface area contributed by atoms with E-state index in [1.165, 1.54) is 75.8 Å². The lowest BCUT2D eigenvalue weighted by atomic mass is 9.82. The second-order valence-electron chi connectivity index (χ2n) is 14.6. The summed E-state index contributed by atoms with van der Waals surface area (Å²) < 4.78 is 2.72. The second-order valence-corrected chi connectivity index (χ2v) is 15.6. The van der Waals surface area contributed by atoms with E-state index in [9.17, 15) is 0 Å². The molecule has 10 rings (SSSR count). The lowest BCUT2D eigenvalue weighted by Crippen LogP contribution is -2.15. The smallest absolute Gasteiger partial charge is 0.0468 e. The molecule has 1 aromatic heterocycles. The molecule has 0 radical (unpaired) electrons. The monoisotopic (exact) mass is 695 g/mol. The molecule has 0 fully saturated rings. The van der Waals surface area contributed by atoms with Crippen LogP contribution in [0.3, 0.4) is 0 Å². The van der Waals surface area contributed by atoms with Crippen LogP contribution in [0.4, 0.5) is 17.1 Å². The molecule has 0 aliphatic heterocycles. The highest BCUT2D eigenvalue weighted by molar-refractivity contribution is 7.26. The van der Waals surface area contributed by atoms with Crippen molar-refractivity contribution in [1.82, 2.24) is 0 Å². The van der Waals surface area contributed by atoms with Crippen LogP contribution >= 0.6 is 11.3 Å². The number of nitrogens with zero attached hydrogens (tertiary/aromatic N) is 1. The summed E-state index contributed by atoms with van der Waals surface area (Å²) in [6, 6.07) is 68.8. The highest BCUT2D eigenvalue weighted by Gasteiger charge is 2.37. The molecule has 0 spiro atoms. The van der Waals surface area contributed by atoms with Gasteiger partial charge in [-0.2, -0.15) is 0 Å². The first-order valence-electron chi connectivity index (χ1n) is 18.3. The fraction of sp³-hybridized carbons (Fsp3) is 0.0588. The topological polar surface area (TPSA) is 3.24 Å². The van der Waals surface area contributed by atoms with Crippen LogP contribution in [0.1, 0.15) is 25.0 Å². The van der Waals surface area contributed by atoms with Gasteiger partial charge in [-0.05, 0) is 98.6 Å². The van der Waals surface area contributed by atoms with Gasteiger partial charge in [0, 0.05) is 48.2 Å². The first kappa shape index (κ1) is 31.5. The summed E-state index contributed by atoms with van der Waals surface area (Å²) in [7, 11) is 0. The third-order valence-electron chi connectivity index (χ3n) is 11.1. The number of thiophene rings is 1. The Balaban J connectivity index is 1.11. The molecule has 1 nitrogen and oxygen atoms in total. The number of anilines is 3. The number of hydrogen-bond acceptors (Lipinski definition) is 2. The Kier molecular flexibility index (Phi) is 7.42. The van der Waals surface area contributed by atoms with Crippen LogP contribution in [0.5, 0.6) is 0 Å². The predicted octanol–water partition coefficient (Wildman–Crippen LogP) is 14.8. The lowest BCUT2D eigenvalue weighted by Gasteiger charge is -2.27. The molecule has 9 aromatic rings. The number of rotatable bonds is 6. The van der Waals surface area contributed by atoms with E-state index in [0.717, 1.165) is 17.1 Å². The third kappa shape index (κ3) is 5.29. The molecule has 2 heteroatoms. The summed E-state index contributed by atoms with van der Waals surface area (Å²) in [5.74, 6) is 0. The predicted molar refractivity (Wildman–Crippen MR) is 228 cm³/mol. The molecule has 53 heavy (non-hydrogen) atoms. The van der Waals surface area contributed by atoms with Crippen molar-refractivity contribution in [1.29, 1.82) is 0 Å². The molecule has 0 atom stereocenters. The molecule has 0 unspecified atom stereocenters. The third-order valence-corrected chi connectivity index (χ3v) is 12.3. The number of fused-ring (bicyclic) bond motifs is 7. The molecule has 0 bridgehead atoms. The Bertz CT molecular complexity index is 2780. The normalized spacial score (nSPS) is 12.9.